The van der Waals surface area contributed by atoms with Gasteiger partial charge < -0.3 is 9.47 Å². The minimum Gasteiger partial charge on any atom is -0.463 e. The van der Waals surface area contributed by atoms with E-state index in [-0.39, 0.29) is 16.4 Å². The van der Waals surface area contributed by atoms with Crippen LogP contribution in [-0.4, -0.2) is 41.1 Å². The minimum absolute atomic E-state index is 0.0540. The Bertz CT molecular complexity index is 375. The van der Waals surface area contributed by atoms with Gasteiger partial charge in [-0.2, -0.15) is 15.0 Å². The summed E-state index contributed by atoms with van der Waals surface area (Å²) >= 11 is 2.93. The van der Waals surface area contributed by atoms with Crippen LogP contribution in [0.3, 0.4) is 0 Å². The van der Waals surface area contributed by atoms with Crippen molar-refractivity contribution in [2.75, 3.05) is 14.2 Å². The molecule has 0 bridgehead atoms. The van der Waals surface area contributed by atoms with Gasteiger partial charge in [-0.15, -0.1) is 0 Å². The van der Waals surface area contributed by atoms with Crippen LogP contribution < -0.4 is 0 Å². The molecule has 0 amide bonds. The zero-order valence-corrected chi connectivity index (χ0v) is 9.44. The van der Waals surface area contributed by atoms with Crippen LogP contribution in [0.15, 0.2) is 4.73 Å². The van der Waals surface area contributed by atoms with Crippen molar-refractivity contribution in [2.45, 2.75) is 0 Å². The fraction of sp³-hybridized carbons (Fsp3) is 0.286. The summed E-state index contributed by atoms with van der Waals surface area (Å²) in [4.78, 5) is 33.0. The number of ether oxygens (including phenoxy) is 2. The zero-order chi connectivity index (χ0) is 11.4. The third-order valence-electron chi connectivity index (χ3n) is 1.34. The maximum Gasteiger partial charge on any atom is 0.376 e. The first kappa shape index (κ1) is 11.5. The Hall–Kier alpha value is -1.57. The molecular weight excluding hydrogens is 270 g/mol. The lowest BCUT2D eigenvalue weighted by Gasteiger charge is -2.00. The molecule has 7 nitrogen and oxygen atoms in total. The molecule has 0 saturated carbocycles. The summed E-state index contributed by atoms with van der Waals surface area (Å²) in [6.07, 6.45) is 0. The number of carbonyl (C=O) groups is 2. The van der Waals surface area contributed by atoms with Gasteiger partial charge in [0, 0.05) is 0 Å². The molecule has 1 aromatic rings. The molecule has 1 heterocycles. The number of hydrogen-bond donors (Lipinski definition) is 0. The van der Waals surface area contributed by atoms with Crippen LogP contribution in [0.2, 0.25) is 0 Å². The number of aromatic nitrogens is 3. The highest BCUT2D eigenvalue weighted by atomic mass is 79.9. The van der Waals surface area contributed by atoms with Crippen LogP contribution in [0.4, 0.5) is 0 Å². The Labute approximate surface area is 93.0 Å². The Morgan fingerprint density at radius 3 is 1.73 bits per heavy atom. The molecule has 0 aliphatic rings. The fourth-order valence-electron chi connectivity index (χ4n) is 0.715. The summed E-state index contributed by atoms with van der Waals surface area (Å²) < 4.78 is 8.84. The predicted octanol–water partition coefficient (Wildman–Crippen LogP) is 0.207. The van der Waals surface area contributed by atoms with Gasteiger partial charge in [-0.3, -0.25) is 0 Å². The Morgan fingerprint density at radius 2 is 1.40 bits per heavy atom. The molecule has 0 N–H and O–H groups in total. The summed E-state index contributed by atoms with van der Waals surface area (Å²) in [6, 6.07) is 0. The molecule has 8 heteroatoms. The second-order valence-corrected chi connectivity index (χ2v) is 2.94. The first-order valence-electron chi connectivity index (χ1n) is 3.66. The Morgan fingerprint density at radius 1 is 1.00 bits per heavy atom. The standard InChI is InChI=1S/C7H6BrN3O4/c1-14-5(12)3-9-4(6(13)15-2)11-7(8)10-3/h1-2H3. The molecule has 0 spiro atoms. The quantitative estimate of drug-likeness (QED) is 0.713. The van der Waals surface area contributed by atoms with Gasteiger partial charge in [0.1, 0.15) is 0 Å². The van der Waals surface area contributed by atoms with Gasteiger partial charge in [0.2, 0.25) is 16.4 Å². The van der Waals surface area contributed by atoms with Gasteiger partial charge in [0.25, 0.3) is 0 Å². The van der Waals surface area contributed by atoms with Crippen molar-refractivity contribution in [3.05, 3.63) is 16.4 Å². The van der Waals surface area contributed by atoms with Gasteiger partial charge in [0.15, 0.2) is 0 Å². The van der Waals surface area contributed by atoms with E-state index in [0.717, 1.165) is 0 Å². The highest BCUT2D eigenvalue weighted by Crippen LogP contribution is 2.05. The number of halogens is 1. The van der Waals surface area contributed by atoms with Crippen molar-refractivity contribution in [1.82, 2.24) is 15.0 Å². The van der Waals surface area contributed by atoms with Crippen molar-refractivity contribution in [3.63, 3.8) is 0 Å². The minimum atomic E-state index is -0.761. The third-order valence-corrected chi connectivity index (χ3v) is 1.70. The van der Waals surface area contributed by atoms with E-state index >= 15 is 0 Å². The molecule has 0 aromatic carbocycles. The SMILES string of the molecule is COC(=O)c1nc(Br)nc(C(=O)OC)n1. The average molecular weight is 276 g/mol. The van der Waals surface area contributed by atoms with Gasteiger partial charge in [-0.25, -0.2) is 9.59 Å². The van der Waals surface area contributed by atoms with Crippen LogP contribution >= 0.6 is 15.9 Å². The zero-order valence-electron chi connectivity index (χ0n) is 7.85. The largest absolute Gasteiger partial charge is 0.463 e. The first-order chi connectivity index (χ1) is 7.08. The molecule has 0 atom stereocenters. The van der Waals surface area contributed by atoms with Crippen molar-refractivity contribution < 1.29 is 19.1 Å². The van der Waals surface area contributed by atoms with Crippen molar-refractivity contribution in [1.29, 1.82) is 0 Å². The summed E-state index contributed by atoms with van der Waals surface area (Å²) in [5, 5.41) is 0. The predicted molar refractivity (Wildman–Crippen MR) is 50.2 cm³/mol. The number of carbonyl (C=O) groups excluding carboxylic acids is 2. The van der Waals surface area contributed by atoms with Crippen molar-refractivity contribution in [3.8, 4) is 0 Å². The molecule has 15 heavy (non-hydrogen) atoms. The van der Waals surface area contributed by atoms with Crippen LogP contribution in [0.5, 0.6) is 0 Å². The van der Waals surface area contributed by atoms with E-state index in [4.69, 9.17) is 0 Å². The Balaban J connectivity index is 3.16. The maximum absolute atomic E-state index is 11.1. The monoisotopic (exact) mass is 275 g/mol. The third kappa shape index (κ3) is 2.69. The topological polar surface area (TPSA) is 91.3 Å². The van der Waals surface area contributed by atoms with Crippen LogP contribution in [0, 0.1) is 0 Å². The number of rotatable bonds is 2. The molecule has 1 rings (SSSR count). The van der Waals surface area contributed by atoms with Crippen LogP contribution in [0.1, 0.15) is 21.2 Å². The van der Waals surface area contributed by atoms with Gasteiger partial charge >= 0.3 is 11.9 Å². The number of hydrogen-bond acceptors (Lipinski definition) is 7. The molecule has 0 fully saturated rings. The van der Waals surface area contributed by atoms with E-state index in [1.165, 1.54) is 14.2 Å². The molecule has 0 aliphatic carbocycles. The highest BCUT2D eigenvalue weighted by molar-refractivity contribution is 9.10. The normalized spacial score (nSPS) is 9.53. The van der Waals surface area contributed by atoms with Gasteiger partial charge in [-0.1, -0.05) is 0 Å². The summed E-state index contributed by atoms with van der Waals surface area (Å²) in [7, 11) is 2.36. The molecule has 0 saturated heterocycles. The van der Waals surface area contributed by atoms with E-state index in [1.54, 1.807) is 0 Å². The fourth-order valence-corrected chi connectivity index (χ4v) is 1.05. The number of methoxy groups -OCH3 is 2. The van der Waals surface area contributed by atoms with E-state index in [0.29, 0.717) is 0 Å². The van der Waals surface area contributed by atoms with Crippen LogP contribution in [0.25, 0.3) is 0 Å². The lowest BCUT2D eigenvalue weighted by molar-refractivity contribution is 0.0574. The molecule has 1 aromatic heterocycles. The molecule has 0 unspecified atom stereocenters. The van der Waals surface area contributed by atoms with E-state index in [1.807, 2.05) is 0 Å². The van der Waals surface area contributed by atoms with Gasteiger partial charge in [0.05, 0.1) is 14.2 Å². The smallest absolute Gasteiger partial charge is 0.376 e. The Kier molecular flexibility index (Phi) is 3.67. The van der Waals surface area contributed by atoms with Crippen molar-refractivity contribution in [2.24, 2.45) is 0 Å². The number of nitrogens with zero attached hydrogens (tertiary/aromatic N) is 3. The average Bonchev–Trinajstić information content (AvgIpc) is 2.26. The maximum atomic E-state index is 11.1. The second-order valence-electron chi connectivity index (χ2n) is 2.23. The highest BCUT2D eigenvalue weighted by Gasteiger charge is 2.17. The summed E-state index contributed by atoms with van der Waals surface area (Å²) in [6.45, 7) is 0. The lowest BCUT2D eigenvalue weighted by Crippen LogP contribution is -2.15. The van der Waals surface area contributed by atoms with E-state index in [9.17, 15) is 9.59 Å². The van der Waals surface area contributed by atoms with E-state index in [2.05, 4.69) is 40.4 Å². The van der Waals surface area contributed by atoms with Gasteiger partial charge in [-0.05, 0) is 15.9 Å². The first-order valence-corrected chi connectivity index (χ1v) is 4.46. The molecule has 0 radical (unpaired) electrons. The summed E-state index contributed by atoms with van der Waals surface area (Å²) in [5.41, 5.74) is 0. The lowest BCUT2D eigenvalue weighted by atomic mass is 10.5. The van der Waals surface area contributed by atoms with Crippen LogP contribution in [-0.2, 0) is 9.47 Å². The summed E-state index contributed by atoms with van der Waals surface area (Å²) in [5.74, 6) is -2.05. The van der Waals surface area contributed by atoms with Crippen molar-refractivity contribution >= 4 is 27.9 Å². The van der Waals surface area contributed by atoms with E-state index < -0.39 is 11.9 Å². The molecular formula is C7H6BrN3O4. The molecule has 0 aliphatic heterocycles. The second kappa shape index (κ2) is 4.78. The number of esters is 2. The molecule has 80 valence electrons.